The van der Waals surface area contributed by atoms with Crippen molar-refractivity contribution >= 4 is 15.9 Å². The molecule has 16 heavy (non-hydrogen) atoms. The monoisotopic (exact) mass is 280 g/mol. The average Bonchev–Trinajstić information content (AvgIpc) is 2.31. The van der Waals surface area contributed by atoms with Gasteiger partial charge in [-0.15, -0.1) is 0 Å². The van der Waals surface area contributed by atoms with Crippen LogP contribution in [0, 0.1) is 0 Å². The Bertz CT molecular complexity index is 388. The summed E-state index contributed by atoms with van der Waals surface area (Å²) in [6, 6.07) is 8.59. The molecule has 3 aliphatic carbocycles. The molecule has 0 atom stereocenters. The predicted octanol–water partition coefficient (Wildman–Crippen LogP) is 3.79. The first-order chi connectivity index (χ1) is 7.64. The molecule has 86 valence electrons. The molecule has 0 aliphatic heterocycles. The highest BCUT2D eigenvalue weighted by molar-refractivity contribution is 9.10. The van der Waals surface area contributed by atoms with Crippen molar-refractivity contribution < 1.29 is 5.11 Å². The number of fused-ring (bicyclic) bond motifs is 3. The Hall–Kier alpha value is -0.340. The second-order valence-corrected chi connectivity index (χ2v) is 6.34. The van der Waals surface area contributed by atoms with Gasteiger partial charge in [-0.05, 0) is 55.6 Å². The number of aliphatic hydroxyl groups is 1. The minimum Gasteiger partial charge on any atom is -0.390 e. The molecule has 0 unspecified atom stereocenters. The number of hydrogen-bond acceptors (Lipinski definition) is 1. The molecule has 0 spiro atoms. The molecular weight excluding hydrogens is 264 g/mol. The zero-order valence-corrected chi connectivity index (χ0v) is 11.0. The molecule has 2 bridgehead atoms. The summed E-state index contributed by atoms with van der Waals surface area (Å²) in [5.41, 5.74) is 1.46. The highest BCUT2D eigenvalue weighted by atomic mass is 79.9. The summed E-state index contributed by atoms with van der Waals surface area (Å²) in [5, 5.41) is 10.2. The van der Waals surface area contributed by atoms with Gasteiger partial charge in [0.25, 0.3) is 0 Å². The molecule has 4 rings (SSSR count). The Morgan fingerprint density at radius 2 is 1.50 bits per heavy atom. The normalized spacial score (nSPS) is 37.6. The summed E-state index contributed by atoms with van der Waals surface area (Å²) < 4.78 is 1.24. The van der Waals surface area contributed by atoms with E-state index in [1.165, 1.54) is 10.0 Å². The average molecular weight is 281 g/mol. The van der Waals surface area contributed by atoms with Crippen molar-refractivity contribution in [3.63, 3.8) is 0 Å². The summed E-state index contributed by atoms with van der Waals surface area (Å²) >= 11 is 3.68. The van der Waals surface area contributed by atoms with Crippen LogP contribution in [0.2, 0.25) is 0 Å². The third kappa shape index (κ3) is 1.54. The third-order valence-electron chi connectivity index (χ3n) is 4.65. The third-order valence-corrected chi connectivity index (χ3v) is 5.34. The van der Waals surface area contributed by atoms with Crippen molar-refractivity contribution in [2.24, 2.45) is 0 Å². The van der Waals surface area contributed by atoms with E-state index in [0.29, 0.717) is 5.41 Å². The lowest BCUT2D eigenvalue weighted by molar-refractivity contribution is -0.0662. The molecule has 0 saturated heterocycles. The van der Waals surface area contributed by atoms with Crippen LogP contribution in [0.3, 0.4) is 0 Å². The van der Waals surface area contributed by atoms with Crippen LogP contribution in [0.1, 0.15) is 44.1 Å². The van der Waals surface area contributed by atoms with Crippen LogP contribution < -0.4 is 0 Å². The second kappa shape index (κ2) is 3.58. The van der Waals surface area contributed by atoms with Gasteiger partial charge in [0.15, 0.2) is 0 Å². The molecule has 0 radical (unpaired) electrons. The molecule has 1 aromatic carbocycles. The lowest BCUT2D eigenvalue weighted by Gasteiger charge is -2.51. The number of hydrogen-bond donors (Lipinski definition) is 1. The van der Waals surface area contributed by atoms with E-state index in [2.05, 4.69) is 40.2 Å². The molecule has 1 N–H and O–H groups in total. The standard InChI is InChI=1S/C14H17BrO/c15-12-4-2-1-3-11(12)13-5-8-14(16,9-6-13)10-7-13/h1-4,16H,5-10H2. The van der Waals surface area contributed by atoms with Crippen LogP contribution in [0.15, 0.2) is 28.7 Å². The Morgan fingerprint density at radius 1 is 0.938 bits per heavy atom. The van der Waals surface area contributed by atoms with E-state index in [0.717, 1.165) is 38.5 Å². The maximum absolute atomic E-state index is 10.2. The van der Waals surface area contributed by atoms with Crippen molar-refractivity contribution in [2.75, 3.05) is 0 Å². The van der Waals surface area contributed by atoms with Crippen molar-refractivity contribution in [2.45, 2.75) is 49.5 Å². The smallest absolute Gasteiger partial charge is 0.0648 e. The molecule has 1 aromatic rings. The summed E-state index contributed by atoms with van der Waals surface area (Å²) in [6.07, 6.45) is 6.38. The molecule has 3 fully saturated rings. The Kier molecular flexibility index (Phi) is 2.41. The molecule has 0 amide bonds. The van der Waals surface area contributed by atoms with E-state index in [9.17, 15) is 5.11 Å². The maximum Gasteiger partial charge on any atom is 0.0648 e. The molecule has 3 saturated carbocycles. The van der Waals surface area contributed by atoms with Gasteiger partial charge >= 0.3 is 0 Å². The summed E-state index contributed by atoms with van der Waals surface area (Å²) in [4.78, 5) is 0. The van der Waals surface area contributed by atoms with Crippen molar-refractivity contribution in [3.05, 3.63) is 34.3 Å². The van der Waals surface area contributed by atoms with Crippen molar-refractivity contribution in [1.82, 2.24) is 0 Å². The number of benzene rings is 1. The first kappa shape index (κ1) is 10.8. The minimum atomic E-state index is -0.330. The quantitative estimate of drug-likeness (QED) is 0.830. The molecule has 2 heteroatoms. The zero-order chi connectivity index (χ0) is 11.2. The molecule has 0 heterocycles. The van der Waals surface area contributed by atoms with Crippen LogP contribution in [-0.2, 0) is 5.41 Å². The summed E-state index contributed by atoms with van der Waals surface area (Å²) in [5.74, 6) is 0. The van der Waals surface area contributed by atoms with E-state index in [1.54, 1.807) is 0 Å². The predicted molar refractivity (Wildman–Crippen MR) is 68.5 cm³/mol. The maximum atomic E-state index is 10.2. The van der Waals surface area contributed by atoms with Gasteiger partial charge in [0.1, 0.15) is 0 Å². The van der Waals surface area contributed by atoms with E-state index in [-0.39, 0.29) is 5.60 Å². The van der Waals surface area contributed by atoms with Crippen LogP contribution in [0.5, 0.6) is 0 Å². The zero-order valence-electron chi connectivity index (χ0n) is 9.38. The SMILES string of the molecule is OC12CCC(c3ccccc3Br)(CC1)CC2. The van der Waals surface area contributed by atoms with E-state index in [4.69, 9.17) is 0 Å². The van der Waals surface area contributed by atoms with Crippen LogP contribution in [-0.4, -0.2) is 10.7 Å². The lowest BCUT2D eigenvalue weighted by atomic mass is 9.56. The summed E-state index contributed by atoms with van der Waals surface area (Å²) in [7, 11) is 0. The van der Waals surface area contributed by atoms with Gasteiger partial charge < -0.3 is 5.11 Å². The molecule has 1 nitrogen and oxygen atoms in total. The van der Waals surface area contributed by atoms with Crippen LogP contribution in [0.4, 0.5) is 0 Å². The molecular formula is C14H17BrO. The fourth-order valence-electron chi connectivity index (χ4n) is 3.46. The van der Waals surface area contributed by atoms with Crippen LogP contribution in [0.25, 0.3) is 0 Å². The van der Waals surface area contributed by atoms with Gasteiger partial charge in [-0.2, -0.15) is 0 Å². The fraction of sp³-hybridized carbons (Fsp3) is 0.571. The van der Waals surface area contributed by atoms with E-state index in [1.807, 2.05) is 0 Å². The topological polar surface area (TPSA) is 20.2 Å². The number of halogens is 1. The van der Waals surface area contributed by atoms with Gasteiger partial charge in [-0.3, -0.25) is 0 Å². The largest absolute Gasteiger partial charge is 0.390 e. The minimum absolute atomic E-state index is 0.330. The highest BCUT2D eigenvalue weighted by Gasteiger charge is 2.48. The summed E-state index contributed by atoms with van der Waals surface area (Å²) in [6.45, 7) is 0. The van der Waals surface area contributed by atoms with Gasteiger partial charge in [0.2, 0.25) is 0 Å². The van der Waals surface area contributed by atoms with Gasteiger partial charge in [-0.25, -0.2) is 0 Å². The highest BCUT2D eigenvalue weighted by Crippen LogP contribution is 2.54. The molecule has 3 aliphatic rings. The van der Waals surface area contributed by atoms with Gasteiger partial charge in [0.05, 0.1) is 5.60 Å². The van der Waals surface area contributed by atoms with Gasteiger partial charge in [0, 0.05) is 4.47 Å². The number of rotatable bonds is 1. The fourth-order valence-corrected chi connectivity index (χ4v) is 4.17. The Balaban J connectivity index is 1.99. The van der Waals surface area contributed by atoms with Crippen molar-refractivity contribution in [3.8, 4) is 0 Å². The Labute approximate surface area is 105 Å². The lowest BCUT2D eigenvalue weighted by Crippen LogP contribution is -2.48. The van der Waals surface area contributed by atoms with E-state index >= 15 is 0 Å². The van der Waals surface area contributed by atoms with Crippen molar-refractivity contribution in [1.29, 1.82) is 0 Å². The van der Waals surface area contributed by atoms with Gasteiger partial charge in [-0.1, -0.05) is 34.1 Å². The van der Waals surface area contributed by atoms with Crippen LogP contribution >= 0.6 is 15.9 Å². The second-order valence-electron chi connectivity index (χ2n) is 5.48. The van der Waals surface area contributed by atoms with E-state index < -0.39 is 0 Å². The first-order valence-corrected chi connectivity index (χ1v) is 6.90. The molecule has 0 aromatic heterocycles. The Morgan fingerprint density at radius 3 is 2.06 bits per heavy atom. The first-order valence-electron chi connectivity index (χ1n) is 6.11.